The second kappa shape index (κ2) is 9.50. The molecule has 0 fully saturated rings. The van der Waals surface area contributed by atoms with Crippen LogP contribution in [0.1, 0.15) is 62.8 Å². The van der Waals surface area contributed by atoms with Gasteiger partial charge in [0.15, 0.2) is 5.69 Å². The highest BCUT2D eigenvalue weighted by Gasteiger charge is 2.49. The van der Waals surface area contributed by atoms with E-state index in [2.05, 4.69) is 44.9 Å². The summed E-state index contributed by atoms with van der Waals surface area (Å²) in [6, 6.07) is -0.210. The molecule has 0 aliphatic carbocycles. The Morgan fingerprint density at radius 2 is 1.53 bits per heavy atom. The summed E-state index contributed by atoms with van der Waals surface area (Å²) < 4.78 is 5.81. The number of aliphatic imine (C=N–C) groups is 4. The summed E-state index contributed by atoms with van der Waals surface area (Å²) in [7, 11) is 1.59. The first kappa shape index (κ1) is 26.4. The third-order valence-corrected chi connectivity index (χ3v) is 12.5. The fourth-order valence-electron chi connectivity index (χ4n) is 4.38. The van der Waals surface area contributed by atoms with Crippen LogP contribution in [0.2, 0.25) is 0 Å². The van der Waals surface area contributed by atoms with Crippen molar-refractivity contribution >= 4 is 73.1 Å². The van der Waals surface area contributed by atoms with Crippen LogP contribution in [-0.2, 0) is 0 Å². The van der Waals surface area contributed by atoms with Crippen molar-refractivity contribution in [2.75, 3.05) is 30.1 Å². The van der Waals surface area contributed by atoms with Crippen LogP contribution in [0.4, 0.5) is 0 Å². The number of nitrogens with one attached hydrogen (secondary N) is 1. The maximum absolute atomic E-state index is 12.0. The lowest BCUT2D eigenvalue weighted by atomic mass is 10.0. The number of oxazole rings is 1. The predicted molar refractivity (Wildman–Crippen MR) is 157 cm³/mol. The molecule has 5 heterocycles. The number of aryl methyl sites for hydroxylation is 1. The van der Waals surface area contributed by atoms with E-state index in [1.54, 1.807) is 37.5 Å². The first-order valence-electron chi connectivity index (χ1n) is 12.1. The number of amides is 1. The Kier molecular flexibility index (Phi) is 6.96. The standard InChI is InChI=1S/C24H32N6O2S4/c1-12(2)18-28-23(5,9-34-18)20-30-24(6,11-36-20)21-29-22(4,10-35-21)19-26-14(8-33-19)17-27-15(13(3)32-17)16(31)25-7/h12,14H,8-11H2,1-7H3,(H,25,31). The van der Waals surface area contributed by atoms with Crippen molar-refractivity contribution < 1.29 is 9.21 Å². The molecule has 4 aliphatic heterocycles. The molecule has 1 aromatic rings. The third-order valence-electron chi connectivity index (χ3n) is 6.60. The first-order chi connectivity index (χ1) is 17.0. The third kappa shape index (κ3) is 4.60. The van der Waals surface area contributed by atoms with Gasteiger partial charge in [0.05, 0.1) is 20.2 Å². The fourth-order valence-corrected chi connectivity index (χ4v) is 9.67. The van der Waals surface area contributed by atoms with Crippen LogP contribution >= 0.6 is 47.0 Å². The van der Waals surface area contributed by atoms with E-state index in [9.17, 15) is 4.79 Å². The Hall–Kier alpha value is -1.24. The van der Waals surface area contributed by atoms with Crippen molar-refractivity contribution in [1.29, 1.82) is 0 Å². The van der Waals surface area contributed by atoms with E-state index in [1.165, 1.54) is 5.04 Å². The molecule has 4 aliphatic rings. The lowest BCUT2D eigenvalue weighted by Crippen LogP contribution is -2.34. The van der Waals surface area contributed by atoms with Crippen LogP contribution in [0, 0.1) is 12.8 Å². The van der Waals surface area contributed by atoms with E-state index in [0.717, 1.165) is 38.1 Å². The van der Waals surface area contributed by atoms with E-state index in [0.29, 0.717) is 23.3 Å². The molecule has 36 heavy (non-hydrogen) atoms. The van der Waals surface area contributed by atoms with Crippen molar-refractivity contribution in [3.8, 4) is 0 Å². The van der Waals surface area contributed by atoms with E-state index < -0.39 is 5.54 Å². The zero-order valence-corrected chi connectivity index (χ0v) is 24.9. The molecule has 5 rings (SSSR count). The van der Waals surface area contributed by atoms with Crippen molar-refractivity contribution in [2.45, 2.75) is 64.2 Å². The number of rotatable bonds is 6. The van der Waals surface area contributed by atoms with Crippen molar-refractivity contribution in [1.82, 2.24) is 10.3 Å². The molecule has 0 radical (unpaired) electrons. The molecule has 0 spiro atoms. The van der Waals surface area contributed by atoms with Gasteiger partial charge in [0.2, 0.25) is 5.89 Å². The summed E-state index contributed by atoms with van der Waals surface area (Å²) in [6.07, 6.45) is 0. The van der Waals surface area contributed by atoms with Gasteiger partial charge in [-0.25, -0.2) is 4.98 Å². The second-order valence-corrected chi connectivity index (χ2v) is 14.4. The van der Waals surface area contributed by atoms with Gasteiger partial charge in [-0.3, -0.25) is 24.8 Å². The van der Waals surface area contributed by atoms with Gasteiger partial charge in [-0.05, 0) is 27.7 Å². The smallest absolute Gasteiger partial charge is 0.273 e. The SMILES string of the molecule is CNC(=O)c1nc(C2CSC(C3(C)CSC(C4(C)CSC(C5(C)CSC(C(C)C)=N5)=N4)=N3)=N2)oc1C. The fraction of sp³-hybridized carbons (Fsp3) is 0.667. The Morgan fingerprint density at radius 3 is 2.11 bits per heavy atom. The lowest BCUT2D eigenvalue weighted by Gasteiger charge is -2.21. The summed E-state index contributed by atoms with van der Waals surface area (Å²) in [5, 5.41) is 7.04. The van der Waals surface area contributed by atoms with E-state index >= 15 is 0 Å². The molecule has 8 nitrogen and oxygen atoms in total. The summed E-state index contributed by atoms with van der Waals surface area (Å²) in [5.41, 5.74) is -0.645. The molecule has 0 aromatic carbocycles. The van der Waals surface area contributed by atoms with Crippen LogP contribution in [0.5, 0.6) is 0 Å². The Bertz CT molecular complexity index is 1220. The topological polar surface area (TPSA) is 105 Å². The van der Waals surface area contributed by atoms with Crippen LogP contribution in [0.25, 0.3) is 0 Å². The first-order valence-corrected chi connectivity index (χ1v) is 16.0. The van der Waals surface area contributed by atoms with Gasteiger partial charge in [-0.2, -0.15) is 0 Å². The van der Waals surface area contributed by atoms with E-state index in [4.69, 9.17) is 24.4 Å². The van der Waals surface area contributed by atoms with Gasteiger partial charge in [-0.15, -0.1) is 47.0 Å². The average Bonchev–Trinajstić information content (AvgIpc) is 3.63. The minimum atomic E-state index is -0.396. The summed E-state index contributed by atoms with van der Waals surface area (Å²) >= 11 is 7.19. The normalized spacial score (nSPS) is 34.2. The molecule has 4 unspecified atom stereocenters. The number of carbonyl (C=O) groups is 1. The van der Waals surface area contributed by atoms with Gasteiger partial charge in [0, 0.05) is 36.0 Å². The van der Waals surface area contributed by atoms with Crippen molar-refractivity contribution in [3.05, 3.63) is 17.3 Å². The highest BCUT2D eigenvalue weighted by atomic mass is 32.2. The molecular weight excluding hydrogens is 533 g/mol. The molecule has 0 saturated heterocycles. The zero-order chi connectivity index (χ0) is 25.9. The maximum Gasteiger partial charge on any atom is 0.273 e. The summed E-state index contributed by atoms with van der Waals surface area (Å²) in [5.74, 6) is 4.62. The zero-order valence-electron chi connectivity index (χ0n) is 21.7. The Labute approximate surface area is 229 Å². The van der Waals surface area contributed by atoms with Gasteiger partial charge in [0.1, 0.15) is 28.4 Å². The predicted octanol–water partition coefficient (Wildman–Crippen LogP) is 4.90. The minimum absolute atomic E-state index is 0.210. The van der Waals surface area contributed by atoms with Crippen LogP contribution < -0.4 is 5.32 Å². The molecule has 1 amide bonds. The van der Waals surface area contributed by atoms with Crippen molar-refractivity contribution in [2.24, 2.45) is 25.9 Å². The number of hydrogen-bond donors (Lipinski definition) is 1. The summed E-state index contributed by atoms with van der Waals surface area (Å²) in [6.45, 7) is 12.7. The molecule has 4 atom stereocenters. The Balaban J connectivity index is 1.36. The molecule has 0 saturated carbocycles. The molecular formula is C24H32N6O2S4. The van der Waals surface area contributed by atoms with Crippen LogP contribution in [-0.4, -0.2) is 77.7 Å². The number of hydrogen-bond acceptors (Lipinski definition) is 11. The maximum atomic E-state index is 12.0. The number of thioether (sulfide) groups is 4. The van der Waals surface area contributed by atoms with Crippen LogP contribution in [0.15, 0.2) is 24.4 Å². The Morgan fingerprint density at radius 1 is 0.944 bits per heavy atom. The quantitative estimate of drug-likeness (QED) is 0.524. The van der Waals surface area contributed by atoms with Crippen LogP contribution in [0.3, 0.4) is 0 Å². The monoisotopic (exact) mass is 564 g/mol. The van der Waals surface area contributed by atoms with Gasteiger partial charge >= 0.3 is 0 Å². The molecule has 0 bridgehead atoms. The number of carbonyl (C=O) groups excluding carboxylic acids is 1. The van der Waals surface area contributed by atoms with Gasteiger partial charge in [0.25, 0.3) is 5.91 Å². The summed E-state index contributed by atoms with van der Waals surface area (Å²) in [4.78, 5) is 37.0. The molecule has 194 valence electrons. The van der Waals surface area contributed by atoms with E-state index in [-0.39, 0.29) is 23.0 Å². The molecule has 12 heteroatoms. The average molecular weight is 565 g/mol. The highest BCUT2D eigenvalue weighted by molar-refractivity contribution is 8.17. The number of nitrogens with zero attached hydrogens (tertiary/aromatic N) is 5. The van der Waals surface area contributed by atoms with Gasteiger partial charge in [-0.1, -0.05) is 13.8 Å². The molecule has 1 N–H and O–H groups in total. The highest BCUT2D eigenvalue weighted by Crippen LogP contribution is 2.46. The largest absolute Gasteiger partial charge is 0.443 e. The lowest BCUT2D eigenvalue weighted by molar-refractivity contribution is 0.0957. The number of aromatic nitrogens is 1. The van der Waals surface area contributed by atoms with Gasteiger partial charge < -0.3 is 9.73 Å². The molecule has 1 aromatic heterocycles. The second-order valence-electron chi connectivity index (χ2n) is 10.4. The van der Waals surface area contributed by atoms with Crippen molar-refractivity contribution in [3.63, 3.8) is 0 Å². The van der Waals surface area contributed by atoms with E-state index in [1.807, 2.05) is 23.5 Å². The minimum Gasteiger partial charge on any atom is -0.443 e.